The summed E-state index contributed by atoms with van der Waals surface area (Å²) in [5.41, 5.74) is 0. The number of hydrogen-bond acceptors (Lipinski definition) is 3. The largest absolute Gasteiger partial charge is 0.394 e. The lowest BCUT2D eigenvalue weighted by atomic mass is 9.93. The molecule has 2 rings (SSSR count). The van der Waals surface area contributed by atoms with E-state index in [2.05, 4.69) is 10.6 Å². The Morgan fingerprint density at radius 2 is 2.38 bits per heavy atom. The molecule has 4 nitrogen and oxygen atoms in total. The van der Waals surface area contributed by atoms with Gasteiger partial charge in [0.2, 0.25) is 5.91 Å². The monoisotopic (exact) mass is 226 g/mol. The zero-order valence-electron chi connectivity index (χ0n) is 9.91. The predicted octanol–water partition coefficient (Wildman–Crippen LogP) is 0.262. The first-order valence-corrected chi connectivity index (χ1v) is 6.40. The molecule has 1 aliphatic heterocycles. The summed E-state index contributed by atoms with van der Waals surface area (Å²) in [5.74, 6) is 1.30. The molecular formula is C12H22N2O2. The van der Waals surface area contributed by atoms with Gasteiger partial charge in [-0.15, -0.1) is 0 Å². The highest BCUT2D eigenvalue weighted by molar-refractivity contribution is 5.82. The second-order valence-electron chi connectivity index (χ2n) is 5.04. The van der Waals surface area contributed by atoms with E-state index in [9.17, 15) is 4.79 Å². The lowest BCUT2D eigenvalue weighted by Crippen LogP contribution is -2.48. The molecule has 0 bridgehead atoms. The third kappa shape index (κ3) is 2.23. The van der Waals surface area contributed by atoms with Gasteiger partial charge >= 0.3 is 0 Å². The normalized spacial score (nSPS) is 34.8. The van der Waals surface area contributed by atoms with E-state index < -0.39 is 0 Å². The van der Waals surface area contributed by atoms with Crippen LogP contribution in [0.3, 0.4) is 0 Å². The van der Waals surface area contributed by atoms with Gasteiger partial charge in [-0.1, -0.05) is 13.3 Å². The van der Waals surface area contributed by atoms with Crippen LogP contribution in [-0.2, 0) is 4.79 Å². The molecule has 1 heterocycles. The molecular weight excluding hydrogens is 204 g/mol. The summed E-state index contributed by atoms with van der Waals surface area (Å²) in [7, 11) is 0. The summed E-state index contributed by atoms with van der Waals surface area (Å²) < 4.78 is 0. The third-order valence-electron chi connectivity index (χ3n) is 4.09. The zero-order chi connectivity index (χ0) is 11.5. The van der Waals surface area contributed by atoms with E-state index in [1.807, 2.05) is 6.92 Å². The molecule has 0 aromatic rings. The molecule has 0 radical (unpaired) electrons. The molecule has 3 N–H and O–H groups in total. The Hall–Kier alpha value is -0.610. The Labute approximate surface area is 96.8 Å². The summed E-state index contributed by atoms with van der Waals surface area (Å²) in [6.45, 7) is 2.99. The van der Waals surface area contributed by atoms with Crippen LogP contribution >= 0.6 is 0 Å². The molecule has 3 unspecified atom stereocenters. The van der Waals surface area contributed by atoms with E-state index >= 15 is 0 Å². The van der Waals surface area contributed by atoms with E-state index in [1.54, 1.807) is 0 Å². The number of aliphatic hydroxyl groups is 1. The van der Waals surface area contributed by atoms with Crippen molar-refractivity contribution in [3.8, 4) is 0 Å². The first-order chi connectivity index (χ1) is 7.76. The molecule has 0 spiro atoms. The molecule has 1 saturated carbocycles. The minimum absolute atomic E-state index is 0.0203. The molecule has 2 aliphatic rings. The molecule has 0 aromatic carbocycles. The fourth-order valence-corrected chi connectivity index (χ4v) is 3.04. The maximum atomic E-state index is 12.0. The highest BCUT2D eigenvalue weighted by Gasteiger charge is 2.42. The van der Waals surface area contributed by atoms with Crippen LogP contribution in [0.4, 0.5) is 0 Å². The molecule has 4 atom stereocenters. The Morgan fingerprint density at radius 3 is 3.06 bits per heavy atom. The van der Waals surface area contributed by atoms with Crippen molar-refractivity contribution in [1.29, 1.82) is 0 Å². The van der Waals surface area contributed by atoms with E-state index in [-0.39, 0.29) is 24.6 Å². The van der Waals surface area contributed by atoms with Gasteiger partial charge in [0, 0.05) is 0 Å². The van der Waals surface area contributed by atoms with Crippen LogP contribution in [-0.4, -0.2) is 36.2 Å². The van der Waals surface area contributed by atoms with Crippen LogP contribution in [0.1, 0.15) is 32.6 Å². The molecule has 1 amide bonds. The van der Waals surface area contributed by atoms with Gasteiger partial charge in [0.1, 0.15) is 0 Å². The number of nitrogens with one attached hydrogen (secondary N) is 2. The molecule has 1 saturated heterocycles. The van der Waals surface area contributed by atoms with Crippen LogP contribution in [0, 0.1) is 11.8 Å². The lowest BCUT2D eigenvalue weighted by Gasteiger charge is -2.21. The predicted molar refractivity (Wildman–Crippen MR) is 61.9 cm³/mol. The highest BCUT2D eigenvalue weighted by Crippen LogP contribution is 2.37. The van der Waals surface area contributed by atoms with E-state index in [1.165, 1.54) is 19.3 Å². The van der Waals surface area contributed by atoms with Gasteiger partial charge in [-0.05, 0) is 37.6 Å². The van der Waals surface area contributed by atoms with Gasteiger partial charge in [0.25, 0.3) is 0 Å². The van der Waals surface area contributed by atoms with Crippen molar-refractivity contribution in [2.24, 2.45) is 11.8 Å². The van der Waals surface area contributed by atoms with Crippen molar-refractivity contribution in [2.75, 3.05) is 13.2 Å². The second-order valence-corrected chi connectivity index (χ2v) is 5.04. The molecule has 2 fully saturated rings. The van der Waals surface area contributed by atoms with Gasteiger partial charge in [0.15, 0.2) is 0 Å². The van der Waals surface area contributed by atoms with Crippen LogP contribution in [0.25, 0.3) is 0 Å². The smallest absolute Gasteiger partial charge is 0.237 e. The molecule has 4 heteroatoms. The molecule has 92 valence electrons. The Balaban J connectivity index is 1.89. The number of rotatable bonds is 4. The first kappa shape index (κ1) is 11.9. The summed E-state index contributed by atoms with van der Waals surface area (Å²) in [4.78, 5) is 12.0. The maximum absolute atomic E-state index is 12.0. The number of carbonyl (C=O) groups is 1. The third-order valence-corrected chi connectivity index (χ3v) is 4.09. The van der Waals surface area contributed by atoms with Crippen LogP contribution < -0.4 is 10.6 Å². The number of aliphatic hydroxyl groups excluding tert-OH is 1. The summed E-state index contributed by atoms with van der Waals surface area (Å²) in [6.07, 6.45) is 4.48. The summed E-state index contributed by atoms with van der Waals surface area (Å²) in [6, 6.07) is -0.108. The van der Waals surface area contributed by atoms with E-state index in [0.29, 0.717) is 11.8 Å². The van der Waals surface area contributed by atoms with Gasteiger partial charge in [-0.25, -0.2) is 0 Å². The van der Waals surface area contributed by atoms with Crippen LogP contribution in [0.2, 0.25) is 0 Å². The number of amides is 1. The fourth-order valence-electron chi connectivity index (χ4n) is 3.04. The number of carbonyl (C=O) groups excluding carboxylic acids is 1. The van der Waals surface area contributed by atoms with Crippen molar-refractivity contribution < 1.29 is 9.90 Å². The maximum Gasteiger partial charge on any atom is 0.237 e. The average molecular weight is 226 g/mol. The molecule has 0 aromatic heterocycles. The van der Waals surface area contributed by atoms with Gasteiger partial charge in [0.05, 0.1) is 18.7 Å². The topological polar surface area (TPSA) is 61.4 Å². The standard InChI is InChI=1S/C12H22N2O2/c1-2-9(7-15)14-12(16)11-10-5-3-4-8(10)6-13-11/h8-11,13,15H,2-7H2,1H3,(H,14,16)/t8?,9-,10?,11?/m0/s1. The fraction of sp³-hybridized carbons (Fsp3) is 0.917. The van der Waals surface area contributed by atoms with E-state index in [0.717, 1.165) is 13.0 Å². The minimum Gasteiger partial charge on any atom is -0.394 e. The average Bonchev–Trinajstić information content (AvgIpc) is 2.86. The Bertz CT molecular complexity index is 253. The summed E-state index contributed by atoms with van der Waals surface area (Å²) in [5, 5.41) is 15.3. The van der Waals surface area contributed by atoms with Crippen molar-refractivity contribution in [3.63, 3.8) is 0 Å². The van der Waals surface area contributed by atoms with Crippen LogP contribution in [0.5, 0.6) is 0 Å². The minimum atomic E-state index is -0.0882. The molecule has 16 heavy (non-hydrogen) atoms. The zero-order valence-corrected chi connectivity index (χ0v) is 9.91. The lowest BCUT2D eigenvalue weighted by molar-refractivity contribution is -0.124. The molecule has 1 aliphatic carbocycles. The quantitative estimate of drug-likeness (QED) is 0.644. The number of hydrogen-bond donors (Lipinski definition) is 3. The number of fused-ring (bicyclic) bond motifs is 1. The first-order valence-electron chi connectivity index (χ1n) is 6.40. The second kappa shape index (κ2) is 5.15. The Morgan fingerprint density at radius 1 is 1.56 bits per heavy atom. The summed E-state index contributed by atoms with van der Waals surface area (Å²) >= 11 is 0. The SMILES string of the molecule is CC[C@@H](CO)NC(=O)C1NCC2CCCC21. The van der Waals surface area contributed by atoms with Crippen molar-refractivity contribution in [3.05, 3.63) is 0 Å². The van der Waals surface area contributed by atoms with Gasteiger partial charge in [-0.2, -0.15) is 0 Å². The van der Waals surface area contributed by atoms with Gasteiger partial charge in [-0.3, -0.25) is 4.79 Å². The van der Waals surface area contributed by atoms with Gasteiger partial charge < -0.3 is 15.7 Å². The Kier molecular flexibility index (Phi) is 3.82. The van der Waals surface area contributed by atoms with Crippen molar-refractivity contribution in [2.45, 2.75) is 44.7 Å². The highest BCUT2D eigenvalue weighted by atomic mass is 16.3. The van der Waals surface area contributed by atoms with E-state index in [4.69, 9.17) is 5.11 Å². The van der Waals surface area contributed by atoms with Crippen LogP contribution in [0.15, 0.2) is 0 Å². The van der Waals surface area contributed by atoms with Crippen molar-refractivity contribution in [1.82, 2.24) is 10.6 Å². The van der Waals surface area contributed by atoms with Crippen molar-refractivity contribution >= 4 is 5.91 Å².